The quantitative estimate of drug-likeness (QED) is 0.388. The highest BCUT2D eigenvalue weighted by atomic mass is 16.5. The van der Waals surface area contributed by atoms with Crippen LogP contribution in [0, 0.1) is 46.3 Å². The molecule has 0 N–H and O–H groups in total. The number of Topliss-reactive ketones (excluding diaryl/α,β-unsaturated/α-hetero) is 1. The number of hydrogen-bond donors (Lipinski definition) is 0. The number of carbonyl (C=O) groups excluding carboxylic acids is 2. The van der Waals surface area contributed by atoms with Crippen LogP contribution in [0.4, 0.5) is 0 Å². The zero-order valence-corrected chi connectivity index (χ0v) is 22.3. The third-order valence-corrected chi connectivity index (χ3v) is 10.6. The summed E-state index contributed by atoms with van der Waals surface area (Å²) in [6.07, 6.45) is 11.3. The van der Waals surface area contributed by atoms with Gasteiger partial charge in [-0.2, -0.15) is 0 Å². The molecule has 4 aliphatic carbocycles. The van der Waals surface area contributed by atoms with E-state index in [4.69, 9.17) is 4.74 Å². The van der Waals surface area contributed by atoms with Crippen LogP contribution in [0.3, 0.4) is 0 Å². The summed E-state index contributed by atoms with van der Waals surface area (Å²) in [5.41, 5.74) is 2.70. The molecule has 8 atom stereocenters. The minimum absolute atomic E-state index is 0.00605. The number of fused-ring (bicyclic) bond motifs is 4. The summed E-state index contributed by atoms with van der Waals surface area (Å²) < 4.78 is 5.99. The van der Waals surface area contributed by atoms with Gasteiger partial charge in [-0.25, -0.2) is 0 Å². The monoisotopic (exact) mass is 456 g/mol. The lowest BCUT2D eigenvalue weighted by atomic mass is 9.46. The molecule has 0 saturated heterocycles. The second-order valence-electron chi connectivity index (χ2n) is 13.1. The van der Waals surface area contributed by atoms with Gasteiger partial charge in [0.15, 0.2) is 5.78 Å². The third kappa shape index (κ3) is 4.14. The molecule has 33 heavy (non-hydrogen) atoms. The highest BCUT2D eigenvalue weighted by molar-refractivity contribution is 6.00. The Morgan fingerprint density at radius 2 is 1.85 bits per heavy atom. The zero-order chi connectivity index (χ0) is 24.1. The van der Waals surface area contributed by atoms with E-state index in [1.54, 1.807) is 6.92 Å². The molecular weight excluding hydrogens is 408 g/mol. The van der Waals surface area contributed by atoms with Gasteiger partial charge in [-0.3, -0.25) is 9.59 Å². The van der Waals surface area contributed by atoms with E-state index < -0.39 is 0 Å². The standard InChI is InChI=1S/C30H48O3/c1-18(2)10-8-11-19(3)24-17-25(32)28-27-20(4)16-22-12-9-13-26(33-21(5)31)30(22,7)23(27)14-15-29(24,28)6/h18-20,22-24,26H,8-17H2,1-7H3/t19-,20-,22-,23+,24-,26?,29-,30+/m1/s1. The van der Waals surface area contributed by atoms with Crippen molar-refractivity contribution in [2.45, 2.75) is 119 Å². The van der Waals surface area contributed by atoms with Gasteiger partial charge in [0.25, 0.3) is 0 Å². The van der Waals surface area contributed by atoms with E-state index in [0.717, 1.165) is 44.4 Å². The fourth-order valence-corrected chi connectivity index (χ4v) is 8.98. The van der Waals surface area contributed by atoms with Gasteiger partial charge < -0.3 is 4.74 Å². The molecule has 3 saturated carbocycles. The van der Waals surface area contributed by atoms with Crippen LogP contribution in [-0.2, 0) is 14.3 Å². The normalized spacial score (nSPS) is 41.5. The Morgan fingerprint density at radius 1 is 1.12 bits per heavy atom. The van der Waals surface area contributed by atoms with Crippen LogP contribution in [0.15, 0.2) is 11.1 Å². The Bertz CT molecular complexity index is 809. The maximum atomic E-state index is 13.7. The predicted molar refractivity (Wildman–Crippen MR) is 134 cm³/mol. The molecule has 0 radical (unpaired) electrons. The minimum atomic E-state index is -0.150. The fourth-order valence-electron chi connectivity index (χ4n) is 8.98. The molecule has 4 aliphatic rings. The van der Waals surface area contributed by atoms with E-state index in [1.807, 2.05) is 0 Å². The first-order valence-electron chi connectivity index (χ1n) is 13.9. The van der Waals surface area contributed by atoms with Crippen molar-refractivity contribution in [1.29, 1.82) is 0 Å². The van der Waals surface area contributed by atoms with Gasteiger partial charge >= 0.3 is 5.97 Å². The molecule has 3 fully saturated rings. The number of carbonyl (C=O) groups is 2. The summed E-state index contributed by atoms with van der Waals surface area (Å²) >= 11 is 0. The average molecular weight is 457 g/mol. The van der Waals surface area contributed by atoms with Gasteiger partial charge in [0.2, 0.25) is 0 Å². The van der Waals surface area contributed by atoms with Gasteiger partial charge in [0.1, 0.15) is 6.10 Å². The molecule has 0 bridgehead atoms. The number of ether oxygens (including phenoxy) is 1. The van der Waals surface area contributed by atoms with Crippen molar-refractivity contribution >= 4 is 11.8 Å². The van der Waals surface area contributed by atoms with Crippen LogP contribution >= 0.6 is 0 Å². The first kappa shape index (κ1) is 25.0. The van der Waals surface area contributed by atoms with Crippen LogP contribution in [0.5, 0.6) is 0 Å². The first-order chi connectivity index (χ1) is 15.5. The minimum Gasteiger partial charge on any atom is -0.462 e. The molecule has 0 heterocycles. The average Bonchev–Trinajstić information content (AvgIpc) is 3.00. The molecule has 0 aromatic rings. The highest BCUT2D eigenvalue weighted by Gasteiger charge is 2.61. The Hall–Kier alpha value is -1.12. The van der Waals surface area contributed by atoms with Gasteiger partial charge in [-0.1, -0.05) is 66.4 Å². The smallest absolute Gasteiger partial charge is 0.302 e. The van der Waals surface area contributed by atoms with Gasteiger partial charge in [0, 0.05) is 24.3 Å². The molecule has 0 aromatic carbocycles. The van der Waals surface area contributed by atoms with Crippen molar-refractivity contribution < 1.29 is 14.3 Å². The van der Waals surface area contributed by atoms with Crippen molar-refractivity contribution in [2.75, 3.05) is 0 Å². The predicted octanol–water partition coefficient (Wildman–Crippen LogP) is 7.53. The lowest BCUT2D eigenvalue weighted by Crippen LogP contribution is -2.55. The number of ketones is 1. The lowest BCUT2D eigenvalue weighted by molar-refractivity contribution is -0.170. The summed E-state index contributed by atoms with van der Waals surface area (Å²) in [6.45, 7) is 15.8. The van der Waals surface area contributed by atoms with Gasteiger partial charge in [-0.15, -0.1) is 0 Å². The summed E-state index contributed by atoms with van der Waals surface area (Å²) in [5.74, 6) is 3.56. The highest BCUT2D eigenvalue weighted by Crippen LogP contribution is 2.66. The van der Waals surface area contributed by atoms with Crippen molar-refractivity contribution in [1.82, 2.24) is 0 Å². The number of allylic oxidation sites excluding steroid dienone is 2. The van der Waals surface area contributed by atoms with Crippen molar-refractivity contribution in [3.05, 3.63) is 11.1 Å². The van der Waals surface area contributed by atoms with Crippen LogP contribution in [0.2, 0.25) is 0 Å². The van der Waals surface area contributed by atoms with E-state index >= 15 is 0 Å². The van der Waals surface area contributed by atoms with E-state index in [9.17, 15) is 9.59 Å². The SMILES string of the molecule is CC(=O)OC1CCC[C@@H]2C[C@@H](C)C3=C4C(=O)C[C@H]([C@H](C)CCCC(C)C)[C@@]4(C)CC[C@@H]3[C@@]12C. The molecule has 4 rings (SSSR count). The Morgan fingerprint density at radius 3 is 2.52 bits per heavy atom. The largest absolute Gasteiger partial charge is 0.462 e. The number of rotatable bonds is 6. The maximum Gasteiger partial charge on any atom is 0.302 e. The molecule has 0 amide bonds. The fraction of sp³-hybridized carbons (Fsp3) is 0.867. The summed E-state index contributed by atoms with van der Waals surface area (Å²) in [4.78, 5) is 25.7. The molecule has 1 unspecified atom stereocenters. The molecule has 3 nitrogen and oxygen atoms in total. The van der Waals surface area contributed by atoms with E-state index in [-0.39, 0.29) is 22.9 Å². The van der Waals surface area contributed by atoms with E-state index in [1.165, 1.54) is 36.8 Å². The Balaban J connectivity index is 1.69. The summed E-state index contributed by atoms with van der Waals surface area (Å²) in [7, 11) is 0. The second kappa shape index (κ2) is 9.15. The lowest BCUT2D eigenvalue weighted by Gasteiger charge is -2.59. The molecule has 0 aliphatic heterocycles. The number of hydrogen-bond acceptors (Lipinski definition) is 3. The Labute approximate surface area is 202 Å². The maximum absolute atomic E-state index is 13.7. The van der Waals surface area contributed by atoms with Crippen LogP contribution < -0.4 is 0 Å². The first-order valence-corrected chi connectivity index (χ1v) is 13.9. The molecular formula is C30H48O3. The number of esters is 1. The Kier molecular flexibility index (Phi) is 6.93. The molecule has 186 valence electrons. The van der Waals surface area contributed by atoms with Crippen molar-refractivity contribution in [3.8, 4) is 0 Å². The van der Waals surface area contributed by atoms with E-state index in [2.05, 4.69) is 41.5 Å². The third-order valence-electron chi connectivity index (χ3n) is 10.6. The summed E-state index contributed by atoms with van der Waals surface area (Å²) in [6, 6.07) is 0. The molecule has 0 aromatic heterocycles. The summed E-state index contributed by atoms with van der Waals surface area (Å²) in [5, 5.41) is 0. The molecule has 0 spiro atoms. The van der Waals surface area contributed by atoms with Crippen LogP contribution in [-0.4, -0.2) is 17.9 Å². The second-order valence-corrected chi connectivity index (χ2v) is 13.1. The van der Waals surface area contributed by atoms with Crippen molar-refractivity contribution in [2.24, 2.45) is 46.3 Å². The topological polar surface area (TPSA) is 43.4 Å². The van der Waals surface area contributed by atoms with Gasteiger partial charge in [0.05, 0.1) is 0 Å². The van der Waals surface area contributed by atoms with Gasteiger partial charge in [-0.05, 0) is 79.4 Å². The van der Waals surface area contributed by atoms with Crippen molar-refractivity contribution in [3.63, 3.8) is 0 Å². The van der Waals surface area contributed by atoms with Crippen LogP contribution in [0.1, 0.15) is 113 Å². The van der Waals surface area contributed by atoms with E-state index in [0.29, 0.717) is 35.4 Å². The zero-order valence-electron chi connectivity index (χ0n) is 22.3. The molecule has 3 heteroatoms. The van der Waals surface area contributed by atoms with Crippen LogP contribution in [0.25, 0.3) is 0 Å².